The molecule has 0 aliphatic heterocycles. The first-order valence-electron chi connectivity index (χ1n) is 15.7. The van der Waals surface area contributed by atoms with Gasteiger partial charge in [-0.3, -0.25) is 6.08 Å². The Morgan fingerprint density at radius 2 is 0.750 bits per heavy atom. The van der Waals surface area contributed by atoms with Crippen LogP contribution in [0.15, 0.2) is 71.3 Å². The molecule has 44 heavy (non-hydrogen) atoms. The van der Waals surface area contributed by atoms with Crippen LogP contribution in [0.5, 0.6) is 0 Å². The van der Waals surface area contributed by atoms with Gasteiger partial charge in [-0.25, -0.2) is 5.57 Å². The van der Waals surface area contributed by atoms with Gasteiger partial charge in [0.05, 0.1) is 0 Å². The maximum atomic E-state index is 3.36. The summed E-state index contributed by atoms with van der Waals surface area (Å²) < 4.78 is 0. The zero-order chi connectivity index (χ0) is 29.4. The molecule has 0 saturated heterocycles. The normalized spacial score (nSPS) is 13.5. The number of halogens is 3. The smallest absolute Gasteiger partial charge is 0.154 e. The van der Waals surface area contributed by atoms with Gasteiger partial charge in [0, 0.05) is 21.7 Å². The summed E-state index contributed by atoms with van der Waals surface area (Å²) in [6.45, 7) is 22.4. The largest absolute Gasteiger partial charge is 0.266 e. The van der Waals surface area contributed by atoms with E-state index in [0.29, 0.717) is 5.92 Å². The first kappa shape index (κ1) is 45.1. The van der Waals surface area contributed by atoms with Crippen molar-refractivity contribution in [2.45, 2.75) is 108 Å². The van der Waals surface area contributed by atoms with Gasteiger partial charge in [0.25, 0.3) is 0 Å². The van der Waals surface area contributed by atoms with Gasteiger partial charge in [0.2, 0.25) is 0 Å². The summed E-state index contributed by atoms with van der Waals surface area (Å²) in [6.07, 6.45) is 9.94. The van der Waals surface area contributed by atoms with E-state index >= 15 is 0 Å². The van der Waals surface area contributed by atoms with E-state index < -0.39 is 8.80 Å². The number of allylic oxidation sites excluding steroid dienone is 4. The molecule has 1 aliphatic rings. The van der Waals surface area contributed by atoms with Crippen LogP contribution in [0.1, 0.15) is 103 Å². The molecule has 0 spiro atoms. The Kier molecular flexibility index (Phi) is 22.2. The minimum atomic E-state index is -1.07. The van der Waals surface area contributed by atoms with Crippen molar-refractivity contribution in [2.75, 3.05) is 0 Å². The van der Waals surface area contributed by atoms with Crippen molar-refractivity contribution in [2.24, 2.45) is 5.92 Å². The molecule has 0 bridgehead atoms. The van der Waals surface area contributed by atoms with Crippen LogP contribution in [0, 0.1) is 12.0 Å². The van der Waals surface area contributed by atoms with E-state index in [1.54, 1.807) is 15.6 Å². The van der Waals surface area contributed by atoms with Crippen LogP contribution in [0.4, 0.5) is 0 Å². The average molecular weight is 706 g/mol. The minimum absolute atomic E-state index is 0. The van der Waals surface area contributed by atoms with Crippen LogP contribution in [-0.4, -0.2) is 8.80 Å². The third kappa shape index (κ3) is 11.6. The molecule has 1 aliphatic carbocycles. The summed E-state index contributed by atoms with van der Waals surface area (Å²) in [7, 11) is -1.07. The number of rotatable bonds is 9. The third-order valence-corrected chi connectivity index (χ3v) is 11.3. The molecule has 0 fully saturated rings. The molecule has 241 valence electrons. The third-order valence-electron chi connectivity index (χ3n) is 8.71. The van der Waals surface area contributed by atoms with Crippen molar-refractivity contribution >= 4 is 61.6 Å². The number of benzene rings is 3. The van der Waals surface area contributed by atoms with Gasteiger partial charge < -0.3 is 0 Å². The van der Waals surface area contributed by atoms with E-state index in [1.807, 2.05) is 0 Å². The fraction of sp³-hybridized carbons (Fsp3) is 0.436. The summed E-state index contributed by atoms with van der Waals surface area (Å²) in [4.78, 5) is 0. The number of hydrogen-bond donors (Lipinski definition) is 0. The molecule has 0 saturated carbocycles. The Hall–Kier alpha value is -1.06. The molecule has 1 radical (unpaired) electrons. The van der Waals surface area contributed by atoms with Crippen molar-refractivity contribution in [3.05, 3.63) is 111 Å². The van der Waals surface area contributed by atoms with Crippen molar-refractivity contribution in [1.82, 2.24) is 0 Å². The molecular formula is C39H55Cl3SiTi-. The fourth-order valence-corrected chi connectivity index (χ4v) is 8.59. The van der Waals surface area contributed by atoms with Gasteiger partial charge in [-0.15, -0.1) is 44.1 Å². The Bertz CT molecular complexity index is 1180. The van der Waals surface area contributed by atoms with Crippen LogP contribution < -0.4 is 15.6 Å². The van der Waals surface area contributed by atoms with Crippen LogP contribution in [-0.2, 0) is 60.2 Å². The molecule has 3 aromatic rings. The summed E-state index contributed by atoms with van der Waals surface area (Å²) in [5, 5.41) is 4.64. The van der Waals surface area contributed by atoms with Crippen molar-refractivity contribution in [3.8, 4) is 0 Å². The Morgan fingerprint density at radius 1 is 0.500 bits per heavy atom. The SMILES string of the molecule is CC1=[C-]C(C)C(C)=C1C.CCc1cc(CC)cc([Si](c2cc(CC)cc(CC)c2)c2cc(CC)cc(CC)c2)c1.Cl.Cl.Cl.[Ti]. The number of hydrogen-bond acceptors (Lipinski definition) is 0. The van der Waals surface area contributed by atoms with Crippen molar-refractivity contribution in [1.29, 1.82) is 0 Å². The molecule has 0 heterocycles. The van der Waals surface area contributed by atoms with Crippen molar-refractivity contribution < 1.29 is 21.7 Å². The first-order chi connectivity index (χ1) is 19.2. The summed E-state index contributed by atoms with van der Waals surface area (Å²) in [5.74, 6) is 0.560. The molecule has 0 amide bonds. The molecule has 0 N–H and O–H groups in total. The average Bonchev–Trinajstić information content (AvgIpc) is 3.21. The molecule has 5 heteroatoms. The van der Waals surface area contributed by atoms with Crippen molar-refractivity contribution in [3.63, 3.8) is 0 Å². The summed E-state index contributed by atoms with van der Waals surface area (Å²) >= 11 is 0. The fourth-order valence-electron chi connectivity index (χ4n) is 5.61. The van der Waals surface area contributed by atoms with Gasteiger partial charge >= 0.3 is 0 Å². The van der Waals surface area contributed by atoms with E-state index in [4.69, 9.17) is 0 Å². The maximum absolute atomic E-state index is 3.36. The first-order valence-corrected chi connectivity index (χ1v) is 17.2. The van der Waals surface area contributed by atoms with E-state index in [1.165, 1.54) is 50.1 Å². The maximum Gasteiger partial charge on any atom is 0.154 e. The summed E-state index contributed by atoms with van der Waals surface area (Å²) in [6, 6.07) is 22.2. The second-order valence-corrected chi connectivity index (χ2v) is 13.9. The molecule has 1 unspecified atom stereocenters. The zero-order valence-corrected chi connectivity index (χ0v) is 33.8. The zero-order valence-electron chi connectivity index (χ0n) is 28.7. The van der Waals surface area contributed by atoms with Crippen LogP contribution in [0.2, 0.25) is 0 Å². The topological polar surface area (TPSA) is 0 Å². The van der Waals surface area contributed by atoms with Crippen LogP contribution in [0.25, 0.3) is 0 Å². The van der Waals surface area contributed by atoms with Gasteiger partial charge in [-0.1, -0.05) is 138 Å². The molecular weight excluding hydrogens is 651 g/mol. The number of aryl methyl sites for hydroxylation is 6. The molecule has 0 aromatic heterocycles. The molecule has 1 atom stereocenters. The molecule has 3 aromatic carbocycles. The van der Waals surface area contributed by atoms with Crippen LogP contribution in [0.3, 0.4) is 0 Å². The predicted octanol–water partition coefficient (Wildman–Crippen LogP) is 9.56. The Labute approximate surface area is 305 Å². The van der Waals surface area contributed by atoms with Gasteiger partial charge in [-0.05, 0) is 71.9 Å². The standard InChI is InChI=1S/C30H39Si.C9H13.3ClH.Ti/c1-7-22-13-23(8-2)17-28(16-22)31(29-18-24(9-3)14-25(10-4)19-29)30-20-26(11-5)15-27(12-6)21-30;1-6-5-7(2)9(4)8(6)3;;;;/h13-21H,7-12H2,1-6H3;6H,1-4H3;3*1H;/q;-1;;;;. The van der Waals surface area contributed by atoms with Crippen LogP contribution >= 0.6 is 37.2 Å². The minimum Gasteiger partial charge on any atom is -0.266 e. The Morgan fingerprint density at radius 3 is 0.886 bits per heavy atom. The second kappa shape index (κ2) is 21.7. The molecule has 4 rings (SSSR count). The van der Waals surface area contributed by atoms with Gasteiger partial charge in [0.1, 0.15) is 0 Å². The van der Waals surface area contributed by atoms with Gasteiger partial charge in [-0.2, -0.15) is 11.1 Å². The Balaban J connectivity index is 0. The van der Waals surface area contributed by atoms with Gasteiger partial charge in [0.15, 0.2) is 8.80 Å². The van der Waals surface area contributed by atoms with E-state index in [0.717, 1.165) is 38.5 Å². The monoisotopic (exact) mass is 704 g/mol. The predicted molar refractivity (Wildman–Crippen MR) is 202 cm³/mol. The van der Waals surface area contributed by atoms with E-state index in [2.05, 4.69) is 130 Å². The van der Waals surface area contributed by atoms with E-state index in [-0.39, 0.29) is 58.9 Å². The second-order valence-electron chi connectivity index (χ2n) is 11.4. The summed E-state index contributed by atoms with van der Waals surface area (Å²) in [5.41, 5.74) is 13.1. The molecule has 0 nitrogen and oxygen atoms in total. The van der Waals surface area contributed by atoms with E-state index in [9.17, 15) is 0 Å². The quantitative estimate of drug-likeness (QED) is 0.118.